The Balaban J connectivity index is 0.000000502. The maximum Gasteiger partial charge on any atom is 0.412 e. The van der Waals surface area contributed by atoms with Crippen LogP contribution in [0.3, 0.4) is 0 Å². The van der Waals surface area contributed by atoms with E-state index in [-0.39, 0.29) is 24.5 Å². The van der Waals surface area contributed by atoms with Crippen molar-refractivity contribution in [2.75, 3.05) is 26.5 Å². The fourth-order valence-electron chi connectivity index (χ4n) is 6.18. The van der Waals surface area contributed by atoms with Crippen molar-refractivity contribution in [3.8, 4) is 0 Å². The number of esters is 2. The topological polar surface area (TPSA) is 101 Å². The Hall–Kier alpha value is -2.45. The van der Waals surface area contributed by atoms with Crippen LogP contribution in [0.4, 0.5) is 26.3 Å². The summed E-state index contributed by atoms with van der Waals surface area (Å²) in [6.07, 6.45) is -5.59. The van der Waals surface area contributed by atoms with Gasteiger partial charge in [-0.1, -0.05) is 82.4 Å². The standard InChI is InChI=1S/C20H26F3O4PS.C17H22O3.C3H5ClF3OPS.CH4/c1-7-13-9-12(3)15(14(8-2)10-13)16-17(19(4,5)26-18(16)24)27-28(6,29)25-11-20(21,22)23;1-6-11-8-10(3)13(12(7-2)9-11)14-15(18)17(4,5)20-16(14)19;1-9(4,10)8-2-3(5,6)7;/h9-10H,7-8,11H2,1-6H3;8-9,18H,6-7H2,1-5H3;2H2,1H3;1H4. The van der Waals surface area contributed by atoms with Crippen LogP contribution in [0.25, 0.3) is 11.1 Å². The summed E-state index contributed by atoms with van der Waals surface area (Å²) in [5.74, 6) is -0.866. The summed E-state index contributed by atoms with van der Waals surface area (Å²) >= 11 is 14.8. The number of carbonyl (C=O) groups excluding carboxylic acids is 2. The van der Waals surface area contributed by atoms with E-state index in [1.54, 1.807) is 27.7 Å². The van der Waals surface area contributed by atoms with Gasteiger partial charge in [0, 0.05) is 13.3 Å². The fourth-order valence-corrected chi connectivity index (χ4v) is 8.32. The molecule has 2 atom stereocenters. The predicted octanol–water partition coefficient (Wildman–Crippen LogP) is 12.8. The molecule has 4 rings (SSSR count). The van der Waals surface area contributed by atoms with Crippen LogP contribution in [-0.2, 0) is 81.9 Å². The summed E-state index contributed by atoms with van der Waals surface area (Å²) in [6.45, 7) is 15.1. The second kappa shape index (κ2) is 21.3. The minimum atomic E-state index is -4.53. The molecule has 0 amide bonds. The Morgan fingerprint density at radius 1 is 0.700 bits per heavy atom. The van der Waals surface area contributed by atoms with Crippen molar-refractivity contribution >= 4 is 70.0 Å². The third-order valence-electron chi connectivity index (χ3n) is 8.90. The Morgan fingerprint density at radius 2 is 1.08 bits per heavy atom. The zero-order chi connectivity index (χ0) is 45.7. The Morgan fingerprint density at radius 3 is 1.42 bits per heavy atom. The van der Waals surface area contributed by atoms with Crippen LogP contribution in [0.15, 0.2) is 35.8 Å². The molecule has 60 heavy (non-hydrogen) atoms. The summed E-state index contributed by atoms with van der Waals surface area (Å²) in [4.78, 5) is 24.9. The predicted molar refractivity (Wildman–Crippen MR) is 235 cm³/mol. The van der Waals surface area contributed by atoms with E-state index in [0.717, 1.165) is 52.6 Å². The van der Waals surface area contributed by atoms with Crippen molar-refractivity contribution in [3.63, 3.8) is 0 Å². The van der Waals surface area contributed by atoms with Crippen molar-refractivity contribution < 1.29 is 64.1 Å². The largest absolute Gasteiger partial charge is 0.507 e. The first-order valence-electron chi connectivity index (χ1n) is 18.6. The molecule has 0 spiro atoms. The van der Waals surface area contributed by atoms with Gasteiger partial charge in [0.2, 0.25) is 6.49 Å². The van der Waals surface area contributed by atoms with E-state index in [9.17, 15) is 41.0 Å². The molecule has 0 radical (unpaired) electrons. The number of hydrogen-bond donors (Lipinski definition) is 1. The number of aliphatic hydroxyl groups excluding tert-OH is 1. The van der Waals surface area contributed by atoms with Gasteiger partial charge < -0.3 is 28.2 Å². The Bertz CT molecular complexity index is 2060. The van der Waals surface area contributed by atoms with Gasteiger partial charge >= 0.3 is 24.3 Å². The zero-order valence-corrected chi connectivity index (χ0v) is 39.4. The molecular weight excluding hydrogens is 896 g/mol. The lowest BCUT2D eigenvalue weighted by atomic mass is 9.89. The number of hydrogen-bond acceptors (Lipinski definition) is 10. The van der Waals surface area contributed by atoms with Crippen LogP contribution < -0.4 is 0 Å². The summed E-state index contributed by atoms with van der Waals surface area (Å²) in [5, 5.41) is 10.3. The summed E-state index contributed by atoms with van der Waals surface area (Å²) < 4.78 is 97.4. The quantitative estimate of drug-likeness (QED) is 0.126. The molecule has 0 saturated heterocycles. The minimum absolute atomic E-state index is 0. The van der Waals surface area contributed by atoms with Gasteiger partial charge in [-0.25, -0.2) is 9.59 Å². The van der Waals surface area contributed by atoms with E-state index in [2.05, 4.69) is 42.3 Å². The number of halogens is 7. The monoisotopic (exact) mass is 952 g/mol. The lowest BCUT2D eigenvalue weighted by molar-refractivity contribution is -0.153. The normalized spacial score (nSPS) is 17.9. The lowest BCUT2D eigenvalue weighted by Crippen LogP contribution is -2.24. The summed E-state index contributed by atoms with van der Waals surface area (Å²) in [5.41, 5.74) is 3.53. The third-order valence-corrected chi connectivity index (χ3v) is 11.7. The Kier molecular flexibility index (Phi) is 19.7. The molecular formula is C41H57ClF6O8P2S2. The van der Waals surface area contributed by atoms with Gasteiger partial charge in [-0.2, -0.15) is 26.3 Å². The molecule has 0 fully saturated rings. The molecule has 19 heteroatoms. The molecule has 2 aromatic carbocycles. The molecule has 1 N–H and O–H groups in total. The SMILES string of the molecule is C.CCc1cc(C)c(C2=C(O)C(C)(C)OC2=O)c(CC)c1.CCc1cc(C)c(C2=C(OP(C)(=S)OCC(F)(F)F)C(C)(C)OC2=O)c(CC)c1.CP(=S)(Cl)OCC(F)(F)F. The third kappa shape index (κ3) is 15.7. The molecule has 2 aliphatic heterocycles. The number of aryl methyl sites for hydroxylation is 6. The van der Waals surface area contributed by atoms with Gasteiger partial charge in [0.1, 0.15) is 23.4 Å². The number of ether oxygens (including phenoxy) is 2. The average Bonchev–Trinajstić information content (AvgIpc) is 3.44. The number of carbonyl (C=O) groups is 2. The molecule has 2 unspecified atom stereocenters. The zero-order valence-electron chi connectivity index (χ0n) is 35.2. The van der Waals surface area contributed by atoms with Crippen LogP contribution in [0.5, 0.6) is 0 Å². The molecule has 0 bridgehead atoms. The van der Waals surface area contributed by atoms with Crippen LogP contribution in [0.2, 0.25) is 0 Å². The smallest absolute Gasteiger partial charge is 0.412 e. The molecule has 2 aromatic rings. The highest BCUT2D eigenvalue weighted by molar-refractivity contribution is 8.24. The molecule has 0 aromatic heterocycles. The summed E-state index contributed by atoms with van der Waals surface area (Å²) in [7, 11) is 0. The van der Waals surface area contributed by atoms with Crippen LogP contribution in [0.1, 0.15) is 107 Å². The first-order chi connectivity index (χ1) is 26.7. The van der Waals surface area contributed by atoms with E-state index >= 15 is 0 Å². The van der Waals surface area contributed by atoms with E-state index in [4.69, 9.17) is 41.6 Å². The first-order valence-corrected chi connectivity index (χ1v) is 25.8. The van der Waals surface area contributed by atoms with Gasteiger partial charge in [0.25, 0.3) is 0 Å². The fraction of sp³-hybridized carbons (Fsp3) is 0.561. The number of cyclic esters (lactones) is 2. The number of rotatable bonds is 12. The van der Waals surface area contributed by atoms with Crippen LogP contribution >= 0.6 is 23.3 Å². The van der Waals surface area contributed by atoms with Crippen molar-refractivity contribution in [1.29, 1.82) is 0 Å². The van der Waals surface area contributed by atoms with Gasteiger partial charge in [0.05, 0.1) is 0 Å². The number of benzene rings is 2. The van der Waals surface area contributed by atoms with Crippen LogP contribution in [0, 0.1) is 13.8 Å². The Labute approximate surface area is 365 Å². The van der Waals surface area contributed by atoms with E-state index < -0.39 is 60.8 Å². The lowest BCUT2D eigenvalue weighted by Gasteiger charge is -2.27. The number of alkyl halides is 6. The van der Waals surface area contributed by atoms with Crippen molar-refractivity contribution in [2.24, 2.45) is 0 Å². The maximum absolute atomic E-state index is 12.8. The van der Waals surface area contributed by atoms with E-state index in [0.29, 0.717) is 17.6 Å². The van der Waals surface area contributed by atoms with Crippen LogP contribution in [-0.4, -0.2) is 67.1 Å². The molecule has 2 aliphatic rings. The van der Waals surface area contributed by atoms with Gasteiger partial charge in [-0.3, -0.25) is 0 Å². The molecule has 0 aliphatic carbocycles. The molecule has 340 valence electrons. The second-order valence-electron chi connectivity index (χ2n) is 14.9. The van der Waals surface area contributed by atoms with Crippen molar-refractivity contribution in [2.45, 2.75) is 126 Å². The van der Waals surface area contributed by atoms with Crippen molar-refractivity contribution in [1.82, 2.24) is 0 Å². The highest BCUT2D eigenvalue weighted by Crippen LogP contribution is 2.54. The van der Waals surface area contributed by atoms with Gasteiger partial charge in [-0.15, -0.1) is 0 Å². The highest BCUT2D eigenvalue weighted by atomic mass is 35.7. The minimum Gasteiger partial charge on any atom is -0.507 e. The molecule has 8 nitrogen and oxygen atoms in total. The molecule has 0 saturated carbocycles. The van der Waals surface area contributed by atoms with E-state index in [1.807, 2.05) is 39.8 Å². The summed E-state index contributed by atoms with van der Waals surface area (Å²) in [6, 6.07) is 8.20. The van der Waals surface area contributed by atoms with Gasteiger partial charge in [0.15, 0.2) is 29.3 Å². The van der Waals surface area contributed by atoms with Gasteiger partial charge in [-0.05, 0) is 124 Å². The molecule has 2 heterocycles. The average molecular weight is 953 g/mol. The first kappa shape index (κ1) is 55.6. The van der Waals surface area contributed by atoms with E-state index in [1.165, 1.54) is 18.9 Å². The van der Waals surface area contributed by atoms with Crippen molar-refractivity contribution in [3.05, 3.63) is 80.3 Å². The number of aliphatic hydroxyl groups is 1. The highest BCUT2D eigenvalue weighted by Gasteiger charge is 2.46. The second-order valence-corrected chi connectivity index (χ2v) is 25.3. The maximum atomic E-state index is 12.8.